The lowest BCUT2D eigenvalue weighted by Gasteiger charge is -2.18. The van der Waals surface area contributed by atoms with Crippen molar-refractivity contribution in [3.63, 3.8) is 0 Å². The molecule has 2 atom stereocenters. The molecule has 1 aliphatic heterocycles. The maximum Gasteiger partial charge on any atom is 0.357 e. The molecule has 3 heterocycles. The van der Waals surface area contributed by atoms with Gasteiger partial charge in [-0.2, -0.15) is 0 Å². The molecule has 168 valence electrons. The molecule has 10 nitrogen and oxygen atoms in total. The second kappa shape index (κ2) is 10.5. The normalized spacial score (nSPS) is 20.2. The first-order chi connectivity index (χ1) is 15.4. The zero-order valence-corrected chi connectivity index (χ0v) is 17.8. The average Bonchev–Trinajstić information content (AvgIpc) is 2.83. The quantitative estimate of drug-likeness (QED) is 0.671. The number of hydrogen-bond donors (Lipinski definition) is 2. The van der Waals surface area contributed by atoms with Gasteiger partial charge in [-0.05, 0) is 37.1 Å². The Kier molecular flexibility index (Phi) is 7.48. The van der Waals surface area contributed by atoms with Crippen LogP contribution in [0.25, 0.3) is 0 Å². The zero-order valence-electron chi connectivity index (χ0n) is 17.8. The van der Waals surface area contributed by atoms with E-state index < -0.39 is 35.8 Å². The molecular formula is C22H24N4O6. The molecule has 0 radical (unpaired) electrons. The molecule has 0 saturated heterocycles. The van der Waals surface area contributed by atoms with Crippen LogP contribution in [0.1, 0.15) is 68.6 Å². The molecule has 1 aliphatic rings. The highest BCUT2D eigenvalue weighted by Crippen LogP contribution is 2.08. The topological polar surface area (TPSA) is 137 Å². The number of carbonyl (C=O) groups excluding carboxylic acids is 4. The average molecular weight is 440 g/mol. The third-order valence-electron chi connectivity index (χ3n) is 4.87. The van der Waals surface area contributed by atoms with Crippen molar-refractivity contribution in [2.45, 2.75) is 38.8 Å². The summed E-state index contributed by atoms with van der Waals surface area (Å²) in [4.78, 5) is 58.2. The van der Waals surface area contributed by atoms with Gasteiger partial charge in [0.05, 0.1) is 12.1 Å². The molecule has 2 amide bonds. The van der Waals surface area contributed by atoms with Gasteiger partial charge in [-0.15, -0.1) is 0 Å². The van der Waals surface area contributed by atoms with Gasteiger partial charge in [-0.3, -0.25) is 9.59 Å². The van der Waals surface area contributed by atoms with Crippen LogP contribution in [0.4, 0.5) is 0 Å². The van der Waals surface area contributed by atoms with Crippen LogP contribution in [-0.4, -0.2) is 59.0 Å². The first-order valence-corrected chi connectivity index (χ1v) is 10.3. The number of esters is 2. The Morgan fingerprint density at radius 2 is 1.09 bits per heavy atom. The Labute approximate surface area is 184 Å². The number of rotatable bonds is 2. The molecule has 0 saturated carbocycles. The van der Waals surface area contributed by atoms with Gasteiger partial charge in [0.1, 0.15) is 36.0 Å². The van der Waals surface area contributed by atoms with Crippen molar-refractivity contribution < 1.29 is 28.7 Å². The second-order valence-electron chi connectivity index (χ2n) is 7.17. The highest BCUT2D eigenvalue weighted by atomic mass is 16.5. The monoisotopic (exact) mass is 440 g/mol. The molecule has 0 aromatic carbocycles. The maximum absolute atomic E-state index is 12.6. The minimum absolute atomic E-state index is 0.0531. The minimum Gasteiger partial charge on any atom is -0.459 e. The number of nitrogens with one attached hydrogen (secondary N) is 2. The zero-order chi connectivity index (χ0) is 23.1. The van der Waals surface area contributed by atoms with Gasteiger partial charge in [0.25, 0.3) is 11.8 Å². The fraction of sp³-hybridized carbons (Fsp3) is 0.364. The SMILES string of the molecule is CCC1COC(=O)c2cccc(n2)C(=O)OCC(CC)NC(=O)c2cccc(n2)C(=O)N1. The summed E-state index contributed by atoms with van der Waals surface area (Å²) in [7, 11) is 0. The van der Waals surface area contributed by atoms with Crippen LogP contribution in [0.5, 0.6) is 0 Å². The van der Waals surface area contributed by atoms with Crippen LogP contribution < -0.4 is 10.6 Å². The number of amides is 2. The Balaban J connectivity index is 1.90. The fourth-order valence-electron chi connectivity index (χ4n) is 2.89. The second-order valence-corrected chi connectivity index (χ2v) is 7.17. The lowest BCUT2D eigenvalue weighted by Crippen LogP contribution is -2.40. The summed E-state index contributed by atoms with van der Waals surface area (Å²) < 4.78 is 10.5. The molecule has 3 rings (SSSR count). The number of aromatic nitrogens is 2. The van der Waals surface area contributed by atoms with Crippen LogP contribution >= 0.6 is 0 Å². The van der Waals surface area contributed by atoms with E-state index in [1.807, 2.05) is 13.8 Å². The summed E-state index contributed by atoms with van der Waals surface area (Å²) in [6.07, 6.45) is 0.967. The summed E-state index contributed by atoms with van der Waals surface area (Å²) in [6, 6.07) is 7.88. The van der Waals surface area contributed by atoms with Crippen molar-refractivity contribution >= 4 is 23.8 Å². The molecule has 2 aromatic rings. The molecule has 0 spiro atoms. The Hall–Kier alpha value is -3.82. The maximum atomic E-state index is 12.6. The van der Waals surface area contributed by atoms with E-state index in [9.17, 15) is 19.2 Å². The van der Waals surface area contributed by atoms with Crippen molar-refractivity contribution in [3.8, 4) is 0 Å². The summed E-state index contributed by atoms with van der Waals surface area (Å²) in [5, 5.41) is 5.49. The van der Waals surface area contributed by atoms with Gasteiger partial charge < -0.3 is 20.1 Å². The number of ether oxygens (including phenoxy) is 2. The summed E-state index contributed by atoms with van der Waals surface area (Å²) >= 11 is 0. The number of pyridine rings is 2. The van der Waals surface area contributed by atoms with E-state index in [0.717, 1.165) is 0 Å². The van der Waals surface area contributed by atoms with Crippen LogP contribution in [0.3, 0.4) is 0 Å². The lowest BCUT2D eigenvalue weighted by atomic mass is 10.2. The largest absolute Gasteiger partial charge is 0.459 e. The van der Waals surface area contributed by atoms with E-state index in [-0.39, 0.29) is 36.0 Å². The summed E-state index contributed by atoms with van der Waals surface area (Å²) in [6.45, 7) is 3.44. The third-order valence-corrected chi connectivity index (χ3v) is 4.87. The molecule has 32 heavy (non-hydrogen) atoms. The van der Waals surface area contributed by atoms with Gasteiger partial charge in [0, 0.05) is 0 Å². The fourth-order valence-corrected chi connectivity index (χ4v) is 2.89. The highest BCUT2D eigenvalue weighted by molar-refractivity contribution is 5.96. The standard InChI is InChI=1S/C22H24N4O6/c1-3-13-11-31-21(29)17-9-6-10-18(26-17)22(30)32-12-14(4-2)24-20(28)16-8-5-7-15(25-16)19(27)23-13/h5-10,13-14H,3-4,11-12H2,1-2H3,(H,23,27)(H,24,28). The number of cyclic esters (lactones) is 2. The Bertz CT molecular complexity index is 952. The Morgan fingerprint density at radius 3 is 1.50 bits per heavy atom. The van der Waals surface area contributed by atoms with Gasteiger partial charge in [0.15, 0.2) is 0 Å². The van der Waals surface area contributed by atoms with E-state index in [1.54, 1.807) is 6.07 Å². The van der Waals surface area contributed by atoms with Crippen molar-refractivity contribution in [2.24, 2.45) is 0 Å². The number of hydrogen-bond acceptors (Lipinski definition) is 8. The predicted molar refractivity (Wildman–Crippen MR) is 112 cm³/mol. The van der Waals surface area contributed by atoms with E-state index in [1.165, 1.54) is 30.3 Å². The molecule has 4 bridgehead atoms. The van der Waals surface area contributed by atoms with Gasteiger partial charge in [-0.25, -0.2) is 19.6 Å². The van der Waals surface area contributed by atoms with Crippen molar-refractivity contribution in [1.82, 2.24) is 20.6 Å². The van der Waals surface area contributed by atoms with Gasteiger partial charge in [-0.1, -0.05) is 26.0 Å². The first kappa shape index (κ1) is 22.9. The molecule has 10 heteroatoms. The molecule has 2 N–H and O–H groups in total. The van der Waals surface area contributed by atoms with Crippen LogP contribution in [-0.2, 0) is 9.47 Å². The lowest BCUT2D eigenvalue weighted by molar-refractivity contribution is 0.0435. The van der Waals surface area contributed by atoms with Crippen molar-refractivity contribution in [1.29, 1.82) is 0 Å². The summed E-state index contributed by atoms with van der Waals surface area (Å²) in [5.41, 5.74) is -0.0114. The van der Waals surface area contributed by atoms with Crippen molar-refractivity contribution in [3.05, 3.63) is 59.2 Å². The van der Waals surface area contributed by atoms with Gasteiger partial charge >= 0.3 is 11.9 Å². The predicted octanol–water partition coefficient (Wildman–Crippen LogP) is 1.52. The van der Waals surface area contributed by atoms with Crippen LogP contribution in [0.15, 0.2) is 36.4 Å². The Morgan fingerprint density at radius 1 is 0.719 bits per heavy atom. The van der Waals surface area contributed by atoms with E-state index in [4.69, 9.17) is 9.47 Å². The van der Waals surface area contributed by atoms with E-state index in [0.29, 0.717) is 12.8 Å². The molecule has 2 aromatic heterocycles. The third kappa shape index (κ3) is 5.65. The number of fused-ring (bicyclic) bond motifs is 4. The summed E-state index contributed by atoms with van der Waals surface area (Å²) in [5.74, 6) is -2.45. The molecule has 2 unspecified atom stereocenters. The molecule has 0 aliphatic carbocycles. The number of nitrogens with zero attached hydrogens (tertiary/aromatic N) is 2. The number of carbonyl (C=O) groups is 4. The highest BCUT2D eigenvalue weighted by Gasteiger charge is 2.21. The van der Waals surface area contributed by atoms with Crippen LogP contribution in [0, 0.1) is 0 Å². The van der Waals surface area contributed by atoms with E-state index in [2.05, 4.69) is 20.6 Å². The molecule has 0 fully saturated rings. The minimum atomic E-state index is -0.729. The van der Waals surface area contributed by atoms with Gasteiger partial charge in [0.2, 0.25) is 0 Å². The van der Waals surface area contributed by atoms with E-state index >= 15 is 0 Å². The first-order valence-electron chi connectivity index (χ1n) is 10.3. The smallest absolute Gasteiger partial charge is 0.357 e. The molecular weight excluding hydrogens is 416 g/mol. The van der Waals surface area contributed by atoms with Crippen molar-refractivity contribution in [2.75, 3.05) is 13.2 Å². The van der Waals surface area contributed by atoms with Crippen LogP contribution in [0.2, 0.25) is 0 Å².